The van der Waals surface area contributed by atoms with Crippen molar-refractivity contribution in [3.8, 4) is 0 Å². The predicted molar refractivity (Wildman–Crippen MR) is 97.9 cm³/mol. The summed E-state index contributed by atoms with van der Waals surface area (Å²) in [5, 5.41) is 4.66. The summed E-state index contributed by atoms with van der Waals surface area (Å²) in [6.07, 6.45) is 4.02. The molecule has 1 aliphatic rings. The van der Waals surface area contributed by atoms with Crippen LogP contribution in [0, 0.1) is 5.92 Å². The normalized spacial score (nSPS) is 16.9. The minimum absolute atomic E-state index is 0.0572. The lowest BCUT2D eigenvalue weighted by atomic mass is 10.1. The maximum atomic E-state index is 12.4. The van der Waals surface area contributed by atoms with Crippen molar-refractivity contribution in [3.63, 3.8) is 0 Å². The SMILES string of the molecule is CCN1C(=O)C(=Cc2cn(CC(C)C)c3ccccc23)NC1=S. The molecule has 1 fully saturated rings. The van der Waals surface area contributed by atoms with Gasteiger partial charge in [0.15, 0.2) is 5.11 Å². The third kappa shape index (κ3) is 2.88. The van der Waals surface area contributed by atoms with E-state index in [0.717, 1.165) is 17.5 Å². The van der Waals surface area contributed by atoms with Crippen molar-refractivity contribution in [1.82, 2.24) is 14.8 Å². The molecule has 0 unspecified atom stereocenters. The van der Waals surface area contributed by atoms with E-state index in [2.05, 4.69) is 42.1 Å². The number of para-hydroxylation sites is 1. The van der Waals surface area contributed by atoms with E-state index in [1.54, 1.807) is 4.90 Å². The van der Waals surface area contributed by atoms with Gasteiger partial charge in [0.05, 0.1) is 0 Å². The number of rotatable bonds is 4. The van der Waals surface area contributed by atoms with E-state index in [1.165, 1.54) is 5.52 Å². The topological polar surface area (TPSA) is 37.3 Å². The fraction of sp³-hybridized carbons (Fsp3) is 0.333. The van der Waals surface area contributed by atoms with Crippen LogP contribution < -0.4 is 5.32 Å². The van der Waals surface area contributed by atoms with Crippen LogP contribution in [0.2, 0.25) is 0 Å². The number of hydrogen-bond acceptors (Lipinski definition) is 2. The van der Waals surface area contributed by atoms with E-state index >= 15 is 0 Å². The Kier molecular flexibility index (Phi) is 4.22. The van der Waals surface area contributed by atoms with Gasteiger partial charge in [0.1, 0.15) is 5.70 Å². The molecule has 120 valence electrons. The number of nitrogens with one attached hydrogen (secondary N) is 1. The number of benzene rings is 1. The molecule has 0 bridgehead atoms. The third-order valence-corrected chi connectivity index (χ3v) is 4.28. The molecular formula is C18H21N3OS. The van der Waals surface area contributed by atoms with Crippen molar-refractivity contribution in [2.45, 2.75) is 27.3 Å². The molecule has 0 spiro atoms. The molecule has 5 heteroatoms. The number of hydrogen-bond donors (Lipinski definition) is 1. The zero-order valence-electron chi connectivity index (χ0n) is 13.7. The minimum Gasteiger partial charge on any atom is -0.347 e. The summed E-state index contributed by atoms with van der Waals surface area (Å²) >= 11 is 5.22. The Morgan fingerprint density at radius 2 is 2.04 bits per heavy atom. The van der Waals surface area contributed by atoms with E-state index in [4.69, 9.17) is 12.2 Å². The summed E-state index contributed by atoms with van der Waals surface area (Å²) in [6, 6.07) is 8.28. The lowest BCUT2D eigenvalue weighted by Crippen LogP contribution is -2.30. The van der Waals surface area contributed by atoms with Crippen molar-refractivity contribution in [2.75, 3.05) is 6.54 Å². The van der Waals surface area contributed by atoms with Crippen LogP contribution in [0.5, 0.6) is 0 Å². The monoisotopic (exact) mass is 327 g/mol. The molecule has 1 N–H and O–H groups in total. The number of nitrogens with zero attached hydrogens (tertiary/aromatic N) is 2. The average Bonchev–Trinajstić information content (AvgIpc) is 2.98. The average molecular weight is 327 g/mol. The first kappa shape index (κ1) is 15.7. The highest BCUT2D eigenvalue weighted by Crippen LogP contribution is 2.25. The second-order valence-electron chi connectivity index (χ2n) is 6.19. The number of amides is 1. The van der Waals surface area contributed by atoms with Crippen LogP contribution in [-0.4, -0.2) is 27.0 Å². The van der Waals surface area contributed by atoms with Crippen LogP contribution in [0.25, 0.3) is 17.0 Å². The molecular weight excluding hydrogens is 306 g/mol. The molecule has 0 radical (unpaired) electrons. The summed E-state index contributed by atoms with van der Waals surface area (Å²) < 4.78 is 2.25. The molecule has 0 aliphatic carbocycles. The molecule has 1 saturated heterocycles. The lowest BCUT2D eigenvalue weighted by Gasteiger charge is -2.08. The highest BCUT2D eigenvalue weighted by atomic mass is 32.1. The van der Waals surface area contributed by atoms with E-state index in [9.17, 15) is 4.79 Å². The Bertz CT molecular complexity index is 804. The highest BCUT2D eigenvalue weighted by molar-refractivity contribution is 7.80. The van der Waals surface area contributed by atoms with Crippen molar-refractivity contribution in [1.29, 1.82) is 0 Å². The third-order valence-electron chi connectivity index (χ3n) is 3.96. The number of thiocarbonyl (C=S) groups is 1. The smallest absolute Gasteiger partial charge is 0.276 e. The quantitative estimate of drug-likeness (QED) is 0.691. The van der Waals surface area contributed by atoms with E-state index in [-0.39, 0.29) is 5.91 Å². The standard InChI is InChI=1S/C18H21N3OS/c1-4-21-17(22)15(19-18(21)23)9-13-11-20(10-12(2)3)16-8-6-5-7-14(13)16/h5-9,11-12H,4,10H2,1-3H3,(H,19,23). The molecule has 3 rings (SSSR count). The van der Waals surface area contributed by atoms with Crippen molar-refractivity contribution in [3.05, 3.63) is 41.7 Å². The van der Waals surface area contributed by atoms with Crippen LogP contribution in [0.3, 0.4) is 0 Å². The number of carbonyl (C=O) groups excluding carboxylic acids is 1. The Labute approximate surface area is 141 Å². The molecule has 1 aliphatic heterocycles. The number of likely N-dealkylation sites (N-methyl/N-ethyl adjacent to an activating group) is 1. The molecule has 2 heterocycles. The van der Waals surface area contributed by atoms with Crippen LogP contribution in [-0.2, 0) is 11.3 Å². The molecule has 1 aromatic carbocycles. The van der Waals surface area contributed by atoms with Crippen LogP contribution >= 0.6 is 12.2 Å². The molecule has 1 amide bonds. The second-order valence-corrected chi connectivity index (χ2v) is 6.57. The van der Waals surface area contributed by atoms with E-state index in [0.29, 0.717) is 23.3 Å². The molecule has 4 nitrogen and oxygen atoms in total. The molecule has 0 atom stereocenters. The van der Waals surface area contributed by atoms with Crippen molar-refractivity contribution in [2.24, 2.45) is 5.92 Å². The van der Waals surface area contributed by atoms with E-state index < -0.39 is 0 Å². The van der Waals surface area contributed by atoms with Gasteiger partial charge in [0.25, 0.3) is 5.91 Å². The Morgan fingerprint density at radius 1 is 1.30 bits per heavy atom. The summed E-state index contributed by atoms with van der Waals surface area (Å²) in [6.45, 7) is 7.85. The fourth-order valence-corrected chi connectivity index (χ4v) is 3.27. The largest absolute Gasteiger partial charge is 0.347 e. The molecule has 2 aromatic rings. The summed E-state index contributed by atoms with van der Waals surface area (Å²) in [5.74, 6) is 0.499. The molecule has 0 saturated carbocycles. The first-order valence-electron chi connectivity index (χ1n) is 7.93. The summed E-state index contributed by atoms with van der Waals surface area (Å²) in [4.78, 5) is 14.0. The van der Waals surface area contributed by atoms with Crippen LogP contribution in [0.4, 0.5) is 0 Å². The van der Waals surface area contributed by atoms with E-state index in [1.807, 2.05) is 25.1 Å². The summed E-state index contributed by atoms with van der Waals surface area (Å²) in [5.41, 5.74) is 2.77. The highest BCUT2D eigenvalue weighted by Gasteiger charge is 2.29. The van der Waals surface area contributed by atoms with Gasteiger partial charge >= 0.3 is 0 Å². The van der Waals surface area contributed by atoms with Crippen molar-refractivity contribution < 1.29 is 4.79 Å². The van der Waals surface area contributed by atoms with Gasteiger partial charge in [-0.1, -0.05) is 32.0 Å². The van der Waals surface area contributed by atoms with Gasteiger partial charge in [0.2, 0.25) is 0 Å². The van der Waals surface area contributed by atoms with Gasteiger partial charge in [-0.2, -0.15) is 0 Å². The first-order valence-corrected chi connectivity index (χ1v) is 8.34. The zero-order valence-corrected chi connectivity index (χ0v) is 14.5. The zero-order chi connectivity index (χ0) is 16.6. The fourth-order valence-electron chi connectivity index (χ4n) is 2.95. The van der Waals surface area contributed by atoms with Gasteiger partial charge in [0, 0.05) is 35.8 Å². The second kappa shape index (κ2) is 6.16. The maximum Gasteiger partial charge on any atom is 0.276 e. The Balaban J connectivity index is 2.05. The minimum atomic E-state index is -0.0572. The van der Waals surface area contributed by atoms with Gasteiger partial charge in [-0.15, -0.1) is 0 Å². The van der Waals surface area contributed by atoms with Gasteiger partial charge in [-0.25, -0.2) is 0 Å². The van der Waals surface area contributed by atoms with Crippen LogP contribution in [0.1, 0.15) is 26.3 Å². The Hall–Kier alpha value is -2.14. The molecule has 1 aromatic heterocycles. The Morgan fingerprint density at radius 3 is 2.70 bits per heavy atom. The number of fused-ring (bicyclic) bond motifs is 1. The first-order chi connectivity index (χ1) is 11.0. The number of carbonyl (C=O) groups is 1. The maximum absolute atomic E-state index is 12.4. The van der Waals surface area contributed by atoms with Gasteiger partial charge in [-0.3, -0.25) is 9.69 Å². The lowest BCUT2D eigenvalue weighted by molar-refractivity contribution is -0.122. The van der Waals surface area contributed by atoms with Crippen LogP contribution in [0.15, 0.2) is 36.2 Å². The number of aromatic nitrogens is 1. The van der Waals surface area contributed by atoms with Gasteiger partial charge in [-0.05, 0) is 37.2 Å². The molecule has 23 heavy (non-hydrogen) atoms. The summed E-state index contributed by atoms with van der Waals surface area (Å²) in [7, 11) is 0. The predicted octanol–water partition coefficient (Wildman–Crippen LogP) is 3.37. The van der Waals surface area contributed by atoms with Crippen molar-refractivity contribution >= 4 is 40.2 Å². The van der Waals surface area contributed by atoms with Gasteiger partial charge < -0.3 is 9.88 Å².